The molecule has 2 aliphatic heterocycles. The number of thiazole rings is 1. The second-order valence-corrected chi connectivity index (χ2v) is 24.2. The van der Waals surface area contributed by atoms with Gasteiger partial charge in [0.2, 0.25) is 5.91 Å². The number of carboxylic acids is 1. The van der Waals surface area contributed by atoms with Crippen LogP contribution in [0.25, 0.3) is 21.3 Å². The molecular weight excluding hydrogens is 1070 g/mol. The van der Waals surface area contributed by atoms with Gasteiger partial charge in [-0.25, -0.2) is 19.6 Å². The van der Waals surface area contributed by atoms with Gasteiger partial charge in [0, 0.05) is 80.2 Å². The van der Waals surface area contributed by atoms with E-state index in [2.05, 4.69) is 40.8 Å². The fourth-order valence-electron chi connectivity index (χ4n) is 14.2. The van der Waals surface area contributed by atoms with Crippen molar-refractivity contribution in [3.63, 3.8) is 0 Å². The van der Waals surface area contributed by atoms with E-state index in [0.29, 0.717) is 71.6 Å². The minimum atomic E-state index is -1.14. The molecule has 82 heavy (non-hydrogen) atoms. The molecule has 5 heterocycles. The number of imide groups is 1. The van der Waals surface area contributed by atoms with E-state index >= 15 is 0 Å². The Hall–Kier alpha value is -8.01. The predicted molar refractivity (Wildman–Crippen MR) is 304 cm³/mol. The summed E-state index contributed by atoms with van der Waals surface area (Å²) in [6.07, 6.45) is 10.1. The van der Waals surface area contributed by atoms with Crippen molar-refractivity contribution in [3.8, 4) is 16.9 Å². The third-order valence-corrected chi connectivity index (χ3v) is 17.4. The first-order chi connectivity index (χ1) is 39.4. The van der Waals surface area contributed by atoms with Gasteiger partial charge in [0.05, 0.1) is 41.8 Å². The normalized spacial score (nSPS) is 22.4. The van der Waals surface area contributed by atoms with Gasteiger partial charge in [0.25, 0.3) is 17.7 Å². The summed E-state index contributed by atoms with van der Waals surface area (Å²) in [6, 6.07) is 25.5. The number of alkyl carbamates (subject to hydrolysis) is 1. The number of carbonyl (C=O) groups is 6. The Kier molecular flexibility index (Phi) is 15.7. The van der Waals surface area contributed by atoms with Crippen molar-refractivity contribution in [1.29, 1.82) is 0 Å². The molecule has 20 nitrogen and oxygen atoms in total. The Morgan fingerprint density at radius 3 is 2.39 bits per heavy atom. The van der Waals surface area contributed by atoms with Crippen molar-refractivity contribution in [2.75, 3.05) is 62.8 Å². The van der Waals surface area contributed by atoms with E-state index in [9.17, 15) is 33.9 Å². The number of ether oxygens (including phenoxy) is 4. The van der Waals surface area contributed by atoms with Crippen LogP contribution in [0.3, 0.4) is 0 Å². The van der Waals surface area contributed by atoms with Crippen molar-refractivity contribution in [1.82, 2.24) is 35.3 Å². The van der Waals surface area contributed by atoms with E-state index in [-0.39, 0.29) is 91.8 Å². The third-order valence-electron chi connectivity index (χ3n) is 16.5. The van der Waals surface area contributed by atoms with Gasteiger partial charge in [-0.15, -0.1) is 0 Å². The number of rotatable bonds is 23. The molecule has 6 aliphatic rings. The first kappa shape index (κ1) is 55.9. The highest BCUT2D eigenvalue weighted by Crippen LogP contribution is 2.72. The molecular formula is C61H66N9O11S. The lowest BCUT2D eigenvalue weighted by Crippen LogP contribution is -2.64. The number of hydrogen-bond acceptors (Lipinski definition) is 15. The van der Waals surface area contributed by atoms with E-state index in [1.54, 1.807) is 24.4 Å². The molecule has 2 atom stereocenters. The summed E-state index contributed by atoms with van der Waals surface area (Å²) in [5, 5.41) is 24.7. The van der Waals surface area contributed by atoms with Crippen molar-refractivity contribution >= 4 is 68.2 Å². The van der Waals surface area contributed by atoms with Gasteiger partial charge in [-0.2, -0.15) is 5.10 Å². The summed E-state index contributed by atoms with van der Waals surface area (Å²) in [7, 11) is 0. The number of nitrogens with one attached hydrogen (secondary N) is 3. The Balaban J connectivity index is 0.648. The molecule has 3 aromatic heterocycles. The van der Waals surface area contributed by atoms with Gasteiger partial charge in [-0.1, -0.05) is 55.5 Å². The van der Waals surface area contributed by atoms with Crippen LogP contribution in [-0.4, -0.2) is 124 Å². The minimum absolute atomic E-state index is 0.0129. The van der Waals surface area contributed by atoms with Crippen molar-refractivity contribution in [2.24, 2.45) is 16.2 Å². The molecule has 2 unspecified atom stereocenters. The molecule has 0 spiro atoms. The summed E-state index contributed by atoms with van der Waals surface area (Å²) >= 11 is 1.42. The molecule has 12 rings (SSSR count). The SMILES string of the molecule is Cc1c(-c2ccc(N3CCc4cccc(C(=O)Nc5nc6ccccc6s5)c4C3)nc2C(=O)O)cnn1CC12CC3(C)CC(C)(C1)CC(OCCNC(=O)OCc1[c]cc(OCCOCCNC(=O)CCN4C(=O)C=CC4=O)cc1)(C3)C2. The number of aromatic carboxylic acids is 1. The van der Waals surface area contributed by atoms with Crippen LogP contribution in [0.15, 0.2) is 91.1 Å². The minimum Gasteiger partial charge on any atom is -0.491 e. The number of para-hydroxylation sites is 1. The molecule has 427 valence electrons. The number of carbonyl (C=O) groups excluding carboxylic acids is 5. The van der Waals surface area contributed by atoms with Crippen LogP contribution in [0, 0.1) is 29.2 Å². The van der Waals surface area contributed by atoms with Crippen LogP contribution in [0.1, 0.15) is 102 Å². The molecule has 5 amide bonds. The summed E-state index contributed by atoms with van der Waals surface area (Å²) in [5.41, 5.74) is 5.61. The molecule has 4 fully saturated rings. The van der Waals surface area contributed by atoms with E-state index in [1.165, 1.54) is 23.5 Å². The smallest absolute Gasteiger partial charge is 0.407 e. The number of nitrogens with zero attached hydrogens (tertiary/aromatic N) is 6. The van der Waals surface area contributed by atoms with E-state index < -0.39 is 23.9 Å². The van der Waals surface area contributed by atoms with Crippen LogP contribution in [0.2, 0.25) is 0 Å². The third kappa shape index (κ3) is 12.3. The van der Waals surface area contributed by atoms with Gasteiger partial charge >= 0.3 is 12.1 Å². The average molecular weight is 1130 g/mol. The van der Waals surface area contributed by atoms with Gasteiger partial charge in [-0.3, -0.25) is 34.1 Å². The second kappa shape index (κ2) is 23.1. The topological polar surface area (TPSA) is 246 Å². The van der Waals surface area contributed by atoms with Crippen LogP contribution in [0.5, 0.6) is 5.75 Å². The Morgan fingerprint density at radius 2 is 1.62 bits per heavy atom. The van der Waals surface area contributed by atoms with Crippen molar-refractivity contribution < 1.29 is 52.8 Å². The maximum Gasteiger partial charge on any atom is 0.407 e. The van der Waals surface area contributed by atoms with Gasteiger partial charge in [0.1, 0.15) is 24.8 Å². The maximum absolute atomic E-state index is 13.7. The van der Waals surface area contributed by atoms with Crippen LogP contribution < -0.4 is 25.6 Å². The second-order valence-electron chi connectivity index (χ2n) is 23.2. The zero-order valence-corrected chi connectivity index (χ0v) is 47.0. The number of aromatic nitrogens is 4. The molecule has 4 bridgehead atoms. The predicted octanol–water partition coefficient (Wildman–Crippen LogP) is 8.07. The molecule has 3 aromatic carbocycles. The fraction of sp³-hybridized carbons (Fsp3) is 0.426. The Bertz CT molecular complexity index is 3420. The highest BCUT2D eigenvalue weighted by Gasteiger charge is 2.66. The van der Waals surface area contributed by atoms with E-state index in [1.807, 2.05) is 71.1 Å². The molecule has 6 aromatic rings. The van der Waals surface area contributed by atoms with Gasteiger partial charge in [0.15, 0.2) is 10.8 Å². The van der Waals surface area contributed by atoms with E-state index in [0.717, 1.165) is 70.5 Å². The summed E-state index contributed by atoms with van der Waals surface area (Å²) in [4.78, 5) is 87.3. The largest absolute Gasteiger partial charge is 0.491 e. The van der Waals surface area contributed by atoms with Crippen LogP contribution >= 0.6 is 11.3 Å². The molecule has 4 N–H and O–H groups in total. The maximum atomic E-state index is 13.7. The zero-order valence-electron chi connectivity index (χ0n) is 46.2. The number of carboxylic acid groups (broad SMARTS) is 1. The number of hydrogen-bond donors (Lipinski definition) is 4. The first-order valence-corrected chi connectivity index (χ1v) is 28.6. The number of benzene rings is 3. The average Bonchev–Trinajstić information content (AvgIpc) is 2.21. The monoisotopic (exact) mass is 1130 g/mol. The van der Waals surface area contributed by atoms with Crippen molar-refractivity contribution in [3.05, 3.63) is 131 Å². The molecule has 1 radical (unpaired) electrons. The molecule has 21 heteroatoms. The van der Waals surface area contributed by atoms with Crippen LogP contribution in [0.4, 0.5) is 15.7 Å². The Labute approximate surface area is 478 Å². The van der Waals surface area contributed by atoms with Crippen LogP contribution in [-0.2, 0) is 54.7 Å². The summed E-state index contributed by atoms with van der Waals surface area (Å²) in [6.45, 7) is 10.1. The molecule has 4 aliphatic carbocycles. The van der Waals surface area contributed by atoms with Crippen molar-refractivity contribution in [2.45, 2.75) is 97.4 Å². The summed E-state index contributed by atoms with van der Waals surface area (Å²) < 4.78 is 26.7. The lowest BCUT2D eigenvalue weighted by Gasteiger charge is -2.69. The Morgan fingerprint density at radius 1 is 0.829 bits per heavy atom. The molecule has 0 saturated heterocycles. The fourth-order valence-corrected chi connectivity index (χ4v) is 15.1. The van der Waals surface area contributed by atoms with Gasteiger partial charge in [-0.05, 0) is 133 Å². The highest BCUT2D eigenvalue weighted by molar-refractivity contribution is 7.22. The number of amides is 5. The zero-order chi connectivity index (χ0) is 57.2. The first-order valence-electron chi connectivity index (χ1n) is 27.8. The lowest BCUT2D eigenvalue weighted by molar-refractivity contribution is -0.247. The number of fused-ring (bicyclic) bond motifs is 2. The standard InChI is InChI=1S/C61H66N9O11S/c1-39-45(43-15-16-49(66-53(43)55(75)76)68-23-19-41-7-6-8-44(46(41)30-68)54(74)67-56-65-47-9-4-5-10-48(47)82-56)29-64-70(39)38-60-33-58(2)32-59(3,34-60)36-61(35-58,37-60)81-26-22-63-57(77)80-31-40-11-13-42(14-12-40)79-28-27-78-25-21-62-50(71)20-24-69-51(72)17-18-52(69)73/h4-11,13-18,29H,19-28,30-38H2,1-3H3,(H,62,71)(H,63,77)(H,75,76)(H,65,67,74). The molecule has 4 saturated carbocycles. The number of anilines is 2. The lowest BCUT2D eigenvalue weighted by atomic mass is 9.39. The highest BCUT2D eigenvalue weighted by atomic mass is 32.1. The quantitative estimate of drug-likeness (QED) is 0.0350. The van der Waals surface area contributed by atoms with Gasteiger partial charge < -0.3 is 39.6 Å². The summed E-state index contributed by atoms with van der Waals surface area (Å²) in [5.74, 6) is -1.42. The van der Waals surface area contributed by atoms with E-state index in [4.69, 9.17) is 29.0 Å². The number of pyridine rings is 1.